The smallest absolute Gasteiger partial charge is 0.414 e. The standard InChI is InChI=1S/C29H31F2N4O9P.C4H9N/c1-16-13-35(28(39)43-16)18-4-5-25(22(31)10-18)42-15-29(44-45(32,40)41)6-8-33(9-7-29)24-12-23-19(11-21(24)30)26(36)20(27(37)38)14-34(23)17-2-3-17;1-4(2)5-3/h4-5,10-12,14,16-17H,2-3,6-9,13,15H2,1H3,(H,37,38)(H3,32,40,41);5H,1H2,2-3H3. The Morgan fingerprint density at radius 3 is 2.36 bits per heavy atom. The number of nitrogens with zero attached hydrogens (tertiary/aromatic N) is 3. The maximum Gasteiger partial charge on any atom is 0.414 e. The van der Waals surface area contributed by atoms with Gasteiger partial charge in [-0.2, -0.15) is 0 Å². The van der Waals surface area contributed by atoms with E-state index in [1.807, 2.05) is 14.0 Å². The molecule has 3 fully saturated rings. The molecule has 2 atom stereocenters. The van der Waals surface area contributed by atoms with Gasteiger partial charge in [0.1, 0.15) is 29.7 Å². The van der Waals surface area contributed by atoms with Crippen LogP contribution >= 0.6 is 7.75 Å². The lowest BCUT2D eigenvalue weighted by molar-refractivity contribution is -0.00984. The fraction of sp³-hybridized carbons (Fsp3) is 0.424. The number of amides is 1. The largest absolute Gasteiger partial charge is 0.487 e. The molecule has 1 aliphatic carbocycles. The van der Waals surface area contributed by atoms with E-state index in [1.165, 1.54) is 29.3 Å². The number of benzene rings is 2. The second-order valence-electron chi connectivity index (χ2n) is 12.7. The van der Waals surface area contributed by atoms with Crippen molar-refractivity contribution in [1.82, 2.24) is 9.88 Å². The Bertz CT molecular complexity index is 1920. The zero-order chi connectivity index (χ0) is 36.5. The van der Waals surface area contributed by atoms with E-state index in [9.17, 15) is 28.9 Å². The molecule has 1 amide bonds. The summed E-state index contributed by atoms with van der Waals surface area (Å²) in [6, 6.07) is 6.47. The number of hydrogen-bond acceptors (Lipinski definition) is 9. The molecule has 0 spiro atoms. The molecule has 17 heteroatoms. The first-order valence-electron chi connectivity index (χ1n) is 15.9. The molecule has 2 aromatic carbocycles. The van der Waals surface area contributed by atoms with E-state index >= 15 is 8.78 Å². The molecule has 1 aromatic heterocycles. The molecule has 50 heavy (non-hydrogen) atoms. The number of aromatic nitrogens is 1. The third-order valence-electron chi connectivity index (χ3n) is 8.72. The van der Waals surface area contributed by atoms with Crippen molar-refractivity contribution in [3.63, 3.8) is 0 Å². The van der Waals surface area contributed by atoms with Gasteiger partial charge in [0.25, 0.3) is 0 Å². The number of anilines is 2. The fourth-order valence-corrected chi connectivity index (χ4v) is 6.69. The highest BCUT2D eigenvalue weighted by Crippen LogP contribution is 2.44. The number of rotatable bonds is 10. The number of aromatic carboxylic acids is 1. The van der Waals surface area contributed by atoms with E-state index in [4.69, 9.17) is 19.5 Å². The van der Waals surface area contributed by atoms with Crippen molar-refractivity contribution in [1.29, 1.82) is 0 Å². The minimum absolute atomic E-state index is 0.00508. The van der Waals surface area contributed by atoms with Gasteiger partial charge in [0, 0.05) is 43.8 Å². The van der Waals surface area contributed by atoms with Crippen LogP contribution < -0.4 is 30.8 Å². The van der Waals surface area contributed by atoms with E-state index in [-0.39, 0.29) is 73.7 Å². The Hall–Kier alpha value is -4.50. The molecule has 0 radical (unpaired) electrons. The Kier molecular flexibility index (Phi) is 10.6. The fourth-order valence-electron chi connectivity index (χ4n) is 5.90. The van der Waals surface area contributed by atoms with E-state index in [2.05, 4.69) is 11.9 Å². The minimum Gasteiger partial charge on any atom is -0.487 e. The number of cyclic esters (lactones) is 1. The molecule has 3 aromatic rings. The molecule has 2 saturated heterocycles. The molecule has 1 saturated carbocycles. The summed E-state index contributed by atoms with van der Waals surface area (Å²) in [6.45, 7) is 7.32. The van der Waals surface area contributed by atoms with Crippen LogP contribution in [0.25, 0.3) is 10.9 Å². The number of piperidine rings is 1. The van der Waals surface area contributed by atoms with Gasteiger partial charge >= 0.3 is 19.8 Å². The molecule has 14 nitrogen and oxygen atoms in total. The monoisotopic (exact) mass is 719 g/mol. The summed E-state index contributed by atoms with van der Waals surface area (Å²) in [4.78, 5) is 49.4. The number of nitrogens with one attached hydrogen (secondary N) is 1. The highest BCUT2D eigenvalue weighted by molar-refractivity contribution is 7.50. The molecule has 6 rings (SSSR count). The number of ether oxygens (including phenoxy) is 2. The highest BCUT2D eigenvalue weighted by atomic mass is 31.2. The summed E-state index contributed by atoms with van der Waals surface area (Å²) < 4.78 is 60.5. The first-order chi connectivity index (χ1) is 23.5. The Balaban J connectivity index is 0.000000908. The molecule has 2 aliphatic heterocycles. The maximum absolute atomic E-state index is 15.5. The SMILES string of the molecule is C=C(C)NC.CC1CN(c2ccc(OCC3(OP(N)(=O)O)CCN(c4cc5c(cc4F)c(=O)c(C(=O)O)cn5C4CC4)CC3)c(F)c2)C(=O)O1. The first-order valence-corrected chi connectivity index (χ1v) is 17.6. The van der Waals surface area contributed by atoms with Crippen molar-refractivity contribution in [2.24, 2.45) is 5.50 Å². The lowest BCUT2D eigenvalue weighted by Gasteiger charge is -2.42. The quantitative estimate of drug-likeness (QED) is 0.208. The van der Waals surface area contributed by atoms with Crippen LogP contribution in [-0.2, 0) is 13.8 Å². The molecule has 3 aliphatic rings. The summed E-state index contributed by atoms with van der Waals surface area (Å²) in [5.41, 5.74) is 4.55. The van der Waals surface area contributed by atoms with Crippen molar-refractivity contribution in [3.05, 3.63) is 76.2 Å². The van der Waals surface area contributed by atoms with Crippen LogP contribution in [0.15, 0.2) is 53.6 Å². The van der Waals surface area contributed by atoms with Gasteiger partial charge in [-0.3, -0.25) is 14.2 Å². The van der Waals surface area contributed by atoms with Crippen molar-refractivity contribution >= 4 is 42.1 Å². The number of carboxylic acid groups (broad SMARTS) is 1. The Labute approximate surface area is 286 Å². The van der Waals surface area contributed by atoms with Gasteiger partial charge in [-0.05, 0) is 69.5 Å². The van der Waals surface area contributed by atoms with Crippen LogP contribution in [0, 0.1) is 11.6 Å². The van der Waals surface area contributed by atoms with Crippen LogP contribution in [0.3, 0.4) is 0 Å². The second kappa shape index (κ2) is 14.4. The molecule has 270 valence electrons. The molecule has 5 N–H and O–H groups in total. The van der Waals surface area contributed by atoms with Gasteiger partial charge in [-0.25, -0.2) is 28.4 Å². The normalized spacial score (nSPS) is 19.7. The topological polar surface area (TPSA) is 186 Å². The predicted molar refractivity (Wildman–Crippen MR) is 182 cm³/mol. The number of fused-ring (bicyclic) bond motifs is 1. The van der Waals surface area contributed by atoms with Crippen LogP contribution in [0.1, 0.15) is 55.9 Å². The molecule has 2 unspecified atom stereocenters. The van der Waals surface area contributed by atoms with E-state index < -0.39 is 48.0 Å². The highest BCUT2D eigenvalue weighted by Gasteiger charge is 2.42. The van der Waals surface area contributed by atoms with Gasteiger partial charge in [0.05, 0.1) is 23.4 Å². The van der Waals surface area contributed by atoms with Crippen molar-refractivity contribution in [2.75, 3.05) is 43.1 Å². The number of carbonyl (C=O) groups excluding carboxylic acids is 1. The van der Waals surface area contributed by atoms with E-state index in [0.717, 1.165) is 30.7 Å². The van der Waals surface area contributed by atoms with E-state index in [0.29, 0.717) is 5.52 Å². The molecule has 3 heterocycles. The lowest BCUT2D eigenvalue weighted by atomic mass is 9.92. The van der Waals surface area contributed by atoms with Crippen molar-refractivity contribution < 1.29 is 46.9 Å². The molecular weight excluding hydrogens is 679 g/mol. The van der Waals surface area contributed by atoms with Gasteiger partial charge in [-0.1, -0.05) is 6.58 Å². The van der Waals surface area contributed by atoms with Crippen LogP contribution in [0.2, 0.25) is 0 Å². The summed E-state index contributed by atoms with van der Waals surface area (Å²) in [6.07, 6.45) is 2.01. The zero-order valence-electron chi connectivity index (χ0n) is 27.9. The number of carbonyl (C=O) groups is 2. The minimum atomic E-state index is -4.54. The number of pyridine rings is 1. The zero-order valence-corrected chi connectivity index (χ0v) is 28.8. The second-order valence-corrected chi connectivity index (χ2v) is 14.0. The van der Waals surface area contributed by atoms with Crippen LogP contribution in [0.5, 0.6) is 5.75 Å². The number of hydrogen-bond donors (Lipinski definition) is 4. The van der Waals surface area contributed by atoms with Crippen molar-refractivity contribution in [2.45, 2.75) is 57.3 Å². The van der Waals surface area contributed by atoms with Crippen LogP contribution in [-0.4, -0.2) is 71.6 Å². The first kappa shape index (κ1) is 36.8. The van der Waals surface area contributed by atoms with Gasteiger partial charge in [-0.15, -0.1) is 0 Å². The summed E-state index contributed by atoms with van der Waals surface area (Å²) >= 11 is 0. The van der Waals surface area contributed by atoms with Crippen molar-refractivity contribution in [3.8, 4) is 5.75 Å². The van der Waals surface area contributed by atoms with Gasteiger partial charge in [0.2, 0.25) is 5.43 Å². The average molecular weight is 720 g/mol. The predicted octanol–water partition coefficient (Wildman–Crippen LogP) is 4.89. The lowest BCUT2D eigenvalue weighted by Crippen LogP contribution is -2.49. The number of allylic oxidation sites excluding steroid dienone is 1. The average Bonchev–Trinajstić information content (AvgIpc) is 3.83. The summed E-state index contributed by atoms with van der Waals surface area (Å²) in [5, 5.41) is 12.3. The molecule has 0 bridgehead atoms. The Morgan fingerprint density at radius 2 is 1.84 bits per heavy atom. The van der Waals surface area contributed by atoms with Crippen LogP contribution in [0.4, 0.5) is 25.0 Å². The number of halogens is 2. The van der Waals surface area contributed by atoms with E-state index in [1.54, 1.807) is 16.4 Å². The third kappa shape index (κ3) is 8.27. The molecular formula is C33H40F2N5O9P. The Morgan fingerprint density at radius 1 is 1.18 bits per heavy atom. The number of nitrogens with two attached hydrogens (primary N) is 1. The number of carboxylic acids is 1. The van der Waals surface area contributed by atoms with Gasteiger partial charge < -0.3 is 34.3 Å². The summed E-state index contributed by atoms with van der Waals surface area (Å²) in [7, 11) is -2.69. The van der Waals surface area contributed by atoms with Gasteiger partial charge in [0.15, 0.2) is 11.6 Å². The summed E-state index contributed by atoms with van der Waals surface area (Å²) in [5.74, 6) is -3.09. The third-order valence-corrected chi connectivity index (χ3v) is 9.37. The maximum atomic E-state index is 15.5.